The van der Waals surface area contributed by atoms with Crippen LogP contribution >= 0.6 is 0 Å². The molecule has 2 aromatic rings. The fourth-order valence-corrected chi connectivity index (χ4v) is 6.37. The summed E-state index contributed by atoms with van der Waals surface area (Å²) >= 11 is 0. The van der Waals surface area contributed by atoms with Crippen molar-refractivity contribution in [2.75, 3.05) is 25.2 Å². The van der Waals surface area contributed by atoms with E-state index >= 15 is 4.39 Å². The maximum atomic E-state index is 15.3. The average molecular weight is 577 g/mol. The smallest absolute Gasteiger partial charge is 0.411 e. The second kappa shape index (κ2) is 11.7. The molecule has 3 amide bonds. The number of fused-ring (bicyclic) bond motifs is 3. The van der Waals surface area contributed by atoms with Gasteiger partial charge in [0.05, 0.1) is 19.1 Å². The second-order valence-electron chi connectivity index (χ2n) is 12.3. The van der Waals surface area contributed by atoms with Crippen molar-refractivity contribution in [3.05, 3.63) is 53.3 Å². The number of carbonyl (C=O) groups is 3. The Kier molecular flexibility index (Phi) is 8.24. The van der Waals surface area contributed by atoms with Crippen molar-refractivity contribution in [2.45, 2.75) is 76.6 Å². The number of halogens is 1. The molecule has 0 spiro atoms. The molecule has 0 unspecified atom stereocenters. The first kappa shape index (κ1) is 29.5. The minimum atomic E-state index is -0.974. The Morgan fingerprint density at radius 1 is 1.17 bits per heavy atom. The van der Waals surface area contributed by atoms with Gasteiger partial charge in [-0.15, -0.1) is 0 Å². The van der Waals surface area contributed by atoms with Crippen molar-refractivity contribution in [1.29, 1.82) is 5.26 Å². The number of ether oxygens (including phenoxy) is 2. The van der Waals surface area contributed by atoms with E-state index in [1.807, 2.05) is 18.2 Å². The fourth-order valence-electron chi connectivity index (χ4n) is 6.37. The Bertz CT molecular complexity index is 1430. The molecule has 4 atom stereocenters. The van der Waals surface area contributed by atoms with Gasteiger partial charge >= 0.3 is 6.09 Å². The van der Waals surface area contributed by atoms with Crippen LogP contribution in [0.2, 0.25) is 0 Å². The van der Waals surface area contributed by atoms with Gasteiger partial charge in [0.25, 0.3) is 0 Å². The number of rotatable bonds is 8. The third kappa shape index (κ3) is 5.97. The van der Waals surface area contributed by atoms with Gasteiger partial charge in [0.15, 0.2) is 0 Å². The van der Waals surface area contributed by atoms with Crippen LogP contribution in [0.1, 0.15) is 51.2 Å². The number of nitrogens with zero attached hydrogens (tertiary/aromatic N) is 3. The van der Waals surface area contributed by atoms with E-state index in [0.29, 0.717) is 30.7 Å². The SMILES string of the molecule is COCCN1C(=O)Cc2ccc(-c3ccc(C[C@@H](C#N)NC(=O)[C@@H]4[C@H]5CC[C@H](C5)N4C(=O)OC(C)(C)C)c(F)c3)cc21. The first-order valence-electron chi connectivity index (χ1n) is 14.4. The van der Waals surface area contributed by atoms with Crippen LogP contribution < -0.4 is 10.2 Å². The lowest BCUT2D eigenvalue weighted by Gasteiger charge is -2.35. The van der Waals surface area contributed by atoms with E-state index in [1.54, 1.807) is 44.9 Å². The summed E-state index contributed by atoms with van der Waals surface area (Å²) in [6.45, 7) is 6.20. The van der Waals surface area contributed by atoms with Crippen molar-refractivity contribution < 1.29 is 28.2 Å². The van der Waals surface area contributed by atoms with Crippen molar-refractivity contribution >= 4 is 23.6 Å². The minimum Gasteiger partial charge on any atom is -0.444 e. The number of piperidine rings is 1. The summed E-state index contributed by atoms with van der Waals surface area (Å²) in [5, 5.41) is 12.6. The monoisotopic (exact) mass is 576 g/mol. The summed E-state index contributed by atoms with van der Waals surface area (Å²) in [6.07, 6.45) is 2.15. The van der Waals surface area contributed by atoms with E-state index < -0.39 is 35.5 Å². The van der Waals surface area contributed by atoms with Gasteiger partial charge in [-0.1, -0.05) is 24.3 Å². The molecule has 0 radical (unpaired) electrons. The maximum Gasteiger partial charge on any atom is 0.411 e. The molecular weight excluding hydrogens is 539 g/mol. The van der Waals surface area contributed by atoms with Crippen molar-refractivity contribution in [3.63, 3.8) is 0 Å². The van der Waals surface area contributed by atoms with Crippen LogP contribution in [0.5, 0.6) is 0 Å². The quantitative estimate of drug-likeness (QED) is 0.500. The second-order valence-corrected chi connectivity index (χ2v) is 12.3. The number of carbonyl (C=O) groups excluding carboxylic acids is 3. The first-order chi connectivity index (χ1) is 20.0. The number of benzene rings is 2. The number of likely N-dealkylation sites (tertiary alicyclic amines) is 1. The van der Waals surface area contributed by atoms with E-state index in [4.69, 9.17) is 9.47 Å². The lowest BCUT2D eigenvalue weighted by atomic mass is 9.96. The van der Waals surface area contributed by atoms with Gasteiger partial charge < -0.3 is 19.7 Å². The molecule has 5 rings (SSSR count). The number of nitriles is 1. The molecule has 3 aliphatic rings. The highest BCUT2D eigenvalue weighted by molar-refractivity contribution is 6.02. The average Bonchev–Trinajstić information content (AvgIpc) is 3.64. The van der Waals surface area contributed by atoms with Gasteiger partial charge in [-0.05, 0) is 80.3 Å². The zero-order valence-electron chi connectivity index (χ0n) is 24.5. The van der Waals surface area contributed by atoms with Crippen molar-refractivity contribution in [3.8, 4) is 17.2 Å². The number of methoxy groups -OCH3 is 1. The molecule has 10 heteroatoms. The Hall–Kier alpha value is -3.97. The van der Waals surface area contributed by atoms with E-state index in [1.165, 1.54) is 11.0 Å². The molecule has 222 valence electrons. The summed E-state index contributed by atoms with van der Waals surface area (Å²) in [4.78, 5) is 42.0. The third-order valence-electron chi connectivity index (χ3n) is 8.28. The molecule has 1 saturated carbocycles. The topological polar surface area (TPSA) is 112 Å². The summed E-state index contributed by atoms with van der Waals surface area (Å²) in [7, 11) is 1.58. The Morgan fingerprint density at radius 3 is 2.60 bits per heavy atom. The number of hydrogen-bond acceptors (Lipinski definition) is 6. The molecule has 42 heavy (non-hydrogen) atoms. The normalized spacial score (nSPS) is 21.7. The van der Waals surface area contributed by atoms with Gasteiger partial charge in [0.2, 0.25) is 11.8 Å². The van der Waals surface area contributed by atoms with Gasteiger partial charge in [0.1, 0.15) is 23.5 Å². The van der Waals surface area contributed by atoms with E-state index in [0.717, 1.165) is 36.1 Å². The number of nitrogens with one attached hydrogen (secondary N) is 1. The van der Waals surface area contributed by atoms with Crippen LogP contribution in [-0.4, -0.2) is 66.8 Å². The van der Waals surface area contributed by atoms with Crippen LogP contribution in [0.4, 0.5) is 14.9 Å². The van der Waals surface area contributed by atoms with Gasteiger partial charge in [-0.3, -0.25) is 14.5 Å². The number of anilines is 1. The fraction of sp³-hybridized carbons (Fsp3) is 0.500. The van der Waals surface area contributed by atoms with Crippen molar-refractivity contribution in [2.24, 2.45) is 5.92 Å². The Morgan fingerprint density at radius 2 is 1.90 bits per heavy atom. The summed E-state index contributed by atoms with van der Waals surface area (Å²) in [5.41, 5.74) is 2.72. The molecule has 2 fully saturated rings. The summed E-state index contributed by atoms with van der Waals surface area (Å²) in [6, 6.07) is 10.8. The zero-order chi connectivity index (χ0) is 30.2. The van der Waals surface area contributed by atoms with Gasteiger partial charge in [-0.25, -0.2) is 9.18 Å². The molecule has 2 aliphatic heterocycles. The lowest BCUT2D eigenvalue weighted by Crippen LogP contribution is -2.55. The molecule has 9 nitrogen and oxygen atoms in total. The van der Waals surface area contributed by atoms with Crippen LogP contribution in [0.3, 0.4) is 0 Å². The third-order valence-corrected chi connectivity index (χ3v) is 8.28. The first-order valence-corrected chi connectivity index (χ1v) is 14.4. The standard InChI is InChI=1S/C32H37FN4O5/c1-32(2,3)42-31(40)37-25-10-9-23(14-25)29(37)30(39)35-24(18-34)13-21-7-5-19(15-26(21)33)20-6-8-22-17-28(38)36(11-12-41-4)27(22)16-20/h5-8,15-16,23-25,29H,9-14,17H2,1-4H3,(H,35,39)/t23-,24-,25+,29-/m0/s1. The predicted molar refractivity (Wildman–Crippen MR) is 154 cm³/mol. The van der Waals surface area contributed by atoms with Crippen LogP contribution in [0.25, 0.3) is 11.1 Å². The molecular formula is C32H37FN4O5. The molecule has 2 bridgehead atoms. The number of hydrogen-bond donors (Lipinski definition) is 1. The summed E-state index contributed by atoms with van der Waals surface area (Å²) in [5.74, 6) is -0.900. The van der Waals surface area contributed by atoms with Gasteiger partial charge in [0, 0.05) is 31.8 Å². The largest absolute Gasteiger partial charge is 0.444 e. The maximum absolute atomic E-state index is 15.3. The molecule has 2 aromatic carbocycles. The molecule has 1 aliphatic carbocycles. The highest BCUT2D eigenvalue weighted by atomic mass is 19.1. The van der Waals surface area contributed by atoms with E-state index in [-0.39, 0.29) is 24.3 Å². The minimum absolute atomic E-state index is 0.00460. The zero-order valence-corrected chi connectivity index (χ0v) is 24.5. The Labute approximate surface area is 245 Å². The van der Waals surface area contributed by atoms with Crippen LogP contribution in [-0.2, 0) is 31.9 Å². The van der Waals surface area contributed by atoms with E-state index in [9.17, 15) is 19.6 Å². The number of amides is 3. The predicted octanol–water partition coefficient (Wildman–Crippen LogP) is 4.37. The molecule has 1 saturated heterocycles. The highest BCUT2D eigenvalue weighted by Gasteiger charge is 2.52. The molecule has 2 heterocycles. The van der Waals surface area contributed by atoms with E-state index in [2.05, 4.69) is 11.4 Å². The highest BCUT2D eigenvalue weighted by Crippen LogP contribution is 2.43. The van der Waals surface area contributed by atoms with Crippen molar-refractivity contribution in [1.82, 2.24) is 10.2 Å². The molecule has 1 N–H and O–H groups in total. The lowest BCUT2D eigenvalue weighted by molar-refractivity contribution is -0.128. The Balaban J connectivity index is 1.28. The van der Waals surface area contributed by atoms with Gasteiger partial charge in [-0.2, -0.15) is 5.26 Å². The van der Waals surface area contributed by atoms with Crippen LogP contribution in [0, 0.1) is 23.1 Å². The van der Waals surface area contributed by atoms with Crippen LogP contribution in [0.15, 0.2) is 36.4 Å². The molecule has 0 aromatic heterocycles. The summed E-state index contributed by atoms with van der Waals surface area (Å²) < 4.78 is 26.0.